The van der Waals surface area contributed by atoms with Crippen molar-refractivity contribution in [1.82, 2.24) is 9.88 Å². The van der Waals surface area contributed by atoms with Crippen LogP contribution in [0.2, 0.25) is 0 Å². The Hall–Kier alpha value is -1.30. The van der Waals surface area contributed by atoms with E-state index in [2.05, 4.69) is 18.8 Å². The first kappa shape index (κ1) is 14.1. The minimum Gasteiger partial charge on any atom is -0.382 e. The summed E-state index contributed by atoms with van der Waals surface area (Å²) < 4.78 is 0. The smallest absolute Gasteiger partial charge is 0.268 e. The molecule has 2 unspecified atom stereocenters. The molecule has 1 aromatic rings. The number of amides is 1. The molecule has 1 aromatic heterocycles. The molecule has 1 amide bonds. The van der Waals surface area contributed by atoms with Gasteiger partial charge in [0.2, 0.25) is 0 Å². The van der Waals surface area contributed by atoms with Crippen LogP contribution >= 0.6 is 11.3 Å². The van der Waals surface area contributed by atoms with E-state index in [4.69, 9.17) is 5.73 Å². The first-order valence-electron chi connectivity index (χ1n) is 6.72. The summed E-state index contributed by atoms with van der Waals surface area (Å²) in [5.41, 5.74) is 5.91. The lowest BCUT2D eigenvalue weighted by Crippen LogP contribution is -2.39. The second-order valence-corrected chi connectivity index (χ2v) is 6.28. The van der Waals surface area contributed by atoms with E-state index in [0.29, 0.717) is 22.8 Å². The number of hydrogen-bond donors (Lipinski definition) is 1. The largest absolute Gasteiger partial charge is 0.382 e. The van der Waals surface area contributed by atoms with Gasteiger partial charge >= 0.3 is 0 Å². The van der Waals surface area contributed by atoms with Gasteiger partial charge in [-0.15, -0.1) is 0 Å². The van der Waals surface area contributed by atoms with Crippen molar-refractivity contribution in [3.8, 4) is 0 Å². The molecule has 2 rings (SSSR count). The molecule has 106 valence electrons. The second kappa shape index (κ2) is 5.36. The minimum atomic E-state index is 0.0416. The molecule has 0 spiro atoms. The normalized spacial score (nSPS) is 22.8. The first-order valence-corrected chi connectivity index (χ1v) is 7.53. The Balaban J connectivity index is 2.28. The molecule has 2 heterocycles. The molecule has 1 aliphatic heterocycles. The highest BCUT2D eigenvalue weighted by Crippen LogP contribution is 2.33. The van der Waals surface area contributed by atoms with Gasteiger partial charge in [-0.1, -0.05) is 18.3 Å². The van der Waals surface area contributed by atoms with Crippen molar-refractivity contribution in [3.63, 3.8) is 0 Å². The average molecular weight is 282 g/mol. The number of nitrogen functional groups attached to an aromatic ring is 1. The number of aromatic nitrogens is 1. The maximum Gasteiger partial charge on any atom is 0.268 e. The van der Waals surface area contributed by atoms with Gasteiger partial charge in [-0.25, -0.2) is 4.98 Å². The van der Waals surface area contributed by atoms with E-state index in [0.717, 1.165) is 24.4 Å². The maximum atomic E-state index is 12.7. The van der Waals surface area contributed by atoms with Gasteiger partial charge in [0.15, 0.2) is 5.13 Å². The Morgan fingerprint density at radius 2 is 2.21 bits per heavy atom. The Morgan fingerprint density at radius 1 is 1.53 bits per heavy atom. The molecule has 5 nitrogen and oxygen atoms in total. The van der Waals surface area contributed by atoms with Crippen molar-refractivity contribution in [2.45, 2.75) is 45.2 Å². The summed E-state index contributed by atoms with van der Waals surface area (Å²) >= 11 is 1.38. The van der Waals surface area contributed by atoms with Crippen molar-refractivity contribution < 1.29 is 4.79 Å². The van der Waals surface area contributed by atoms with E-state index in [-0.39, 0.29) is 5.91 Å². The van der Waals surface area contributed by atoms with Crippen LogP contribution in [-0.2, 0) is 0 Å². The van der Waals surface area contributed by atoms with Crippen LogP contribution in [-0.4, -0.2) is 42.0 Å². The molecule has 2 atom stereocenters. The first-order chi connectivity index (χ1) is 8.95. The number of nitrogens with zero attached hydrogens (tertiary/aromatic N) is 3. The zero-order valence-corrected chi connectivity index (χ0v) is 12.8. The fraction of sp³-hybridized carbons (Fsp3) is 0.692. The Bertz CT molecular complexity index is 471. The molecule has 19 heavy (non-hydrogen) atoms. The average Bonchev–Trinajstić information content (AvgIpc) is 2.92. The minimum absolute atomic E-state index is 0.0416. The molecular weight excluding hydrogens is 260 g/mol. The number of nitrogens with two attached hydrogens (primary N) is 1. The van der Waals surface area contributed by atoms with Gasteiger partial charge < -0.3 is 15.5 Å². The predicted octanol–water partition coefficient (Wildman–Crippen LogP) is 2.19. The maximum absolute atomic E-state index is 12.7. The van der Waals surface area contributed by atoms with E-state index < -0.39 is 0 Å². The molecule has 6 heteroatoms. The summed E-state index contributed by atoms with van der Waals surface area (Å²) in [6, 6.07) is 0.633. The van der Waals surface area contributed by atoms with Crippen LogP contribution in [0.15, 0.2) is 0 Å². The van der Waals surface area contributed by atoms with E-state index in [1.807, 2.05) is 23.9 Å². The van der Waals surface area contributed by atoms with Gasteiger partial charge in [-0.2, -0.15) is 0 Å². The number of anilines is 2. The fourth-order valence-corrected chi connectivity index (χ4v) is 3.47. The standard InChI is InChI=1S/C13H22N4OS/c1-5-9-7-6-8(2)17(9)12(18)10-11(14)15-13(19-10)16(3)4/h8-9H,5-7,14H2,1-4H3. The number of likely N-dealkylation sites (tertiary alicyclic amines) is 1. The van der Waals surface area contributed by atoms with E-state index in [1.54, 1.807) is 0 Å². The van der Waals surface area contributed by atoms with Gasteiger partial charge in [0.05, 0.1) is 0 Å². The summed E-state index contributed by atoms with van der Waals surface area (Å²) in [4.78, 5) is 21.4. The highest BCUT2D eigenvalue weighted by atomic mass is 32.1. The summed E-state index contributed by atoms with van der Waals surface area (Å²) in [7, 11) is 3.81. The van der Waals surface area contributed by atoms with Crippen LogP contribution in [0.25, 0.3) is 0 Å². The van der Waals surface area contributed by atoms with E-state index >= 15 is 0 Å². The zero-order valence-electron chi connectivity index (χ0n) is 12.0. The van der Waals surface area contributed by atoms with Crippen molar-refractivity contribution >= 4 is 28.2 Å². The fourth-order valence-electron chi connectivity index (χ4n) is 2.62. The highest BCUT2D eigenvalue weighted by molar-refractivity contribution is 7.18. The van der Waals surface area contributed by atoms with Gasteiger partial charge in [0, 0.05) is 26.2 Å². The molecule has 1 aliphatic rings. The van der Waals surface area contributed by atoms with Crippen molar-refractivity contribution in [2.75, 3.05) is 24.7 Å². The molecule has 0 radical (unpaired) electrons. The second-order valence-electron chi connectivity index (χ2n) is 5.31. The van der Waals surface area contributed by atoms with E-state index in [1.165, 1.54) is 11.3 Å². The number of carbonyl (C=O) groups is 1. The van der Waals surface area contributed by atoms with Crippen LogP contribution in [0.5, 0.6) is 0 Å². The lowest BCUT2D eigenvalue weighted by molar-refractivity contribution is 0.0682. The molecule has 1 fully saturated rings. The monoisotopic (exact) mass is 282 g/mol. The summed E-state index contributed by atoms with van der Waals surface area (Å²) in [5, 5.41) is 0.778. The number of rotatable bonds is 3. The van der Waals surface area contributed by atoms with Gasteiger partial charge in [0.1, 0.15) is 10.7 Å². The molecule has 0 aliphatic carbocycles. The number of carbonyl (C=O) groups excluding carboxylic acids is 1. The third kappa shape index (κ3) is 2.54. The van der Waals surface area contributed by atoms with Crippen LogP contribution in [0.1, 0.15) is 42.8 Å². The van der Waals surface area contributed by atoms with Gasteiger partial charge in [-0.05, 0) is 26.2 Å². The van der Waals surface area contributed by atoms with Crippen LogP contribution in [0.4, 0.5) is 10.9 Å². The van der Waals surface area contributed by atoms with Gasteiger partial charge in [0.25, 0.3) is 5.91 Å². The quantitative estimate of drug-likeness (QED) is 0.923. The Morgan fingerprint density at radius 3 is 2.74 bits per heavy atom. The van der Waals surface area contributed by atoms with Crippen LogP contribution in [0.3, 0.4) is 0 Å². The molecular formula is C13H22N4OS. The Labute approximate surface area is 118 Å². The molecule has 2 N–H and O–H groups in total. The summed E-state index contributed by atoms with van der Waals surface area (Å²) in [6.45, 7) is 4.24. The number of thiazole rings is 1. The highest BCUT2D eigenvalue weighted by Gasteiger charge is 2.35. The number of hydrogen-bond acceptors (Lipinski definition) is 5. The predicted molar refractivity (Wildman–Crippen MR) is 79.8 cm³/mol. The molecule has 0 saturated carbocycles. The van der Waals surface area contributed by atoms with Crippen molar-refractivity contribution in [2.24, 2.45) is 0 Å². The third-order valence-corrected chi connectivity index (χ3v) is 4.94. The molecule has 1 saturated heterocycles. The lowest BCUT2D eigenvalue weighted by Gasteiger charge is -2.27. The van der Waals surface area contributed by atoms with Crippen LogP contribution in [0, 0.1) is 0 Å². The zero-order chi connectivity index (χ0) is 14.2. The van der Waals surface area contributed by atoms with E-state index in [9.17, 15) is 4.79 Å². The summed E-state index contributed by atoms with van der Waals surface area (Å²) in [5.74, 6) is 0.396. The van der Waals surface area contributed by atoms with Crippen molar-refractivity contribution in [1.29, 1.82) is 0 Å². The Kier molecular flexibility index (Phi) is 3.99. The van der Waals surface area contributed by atoms with Crippen molar-refractivity contribution in [3.05, 3.63) is 4.88 Å². The SMILES string of the molecule is CCC1CCC(C)N1C(=O)c1sc(N(C)C)nc1N. The topological polar surface area (TPSA) is 62.5 Å². The lowest BCUT2D eigenvalue weighted by atomic mass is 10.1. The third-order valence-electron chi connectivity index (χ3n) is 3.71. The van der Waals surface area contributed by atoms with Gasteiger partial charge in [-0.3, -0.25) is 4.79 Å². The summed E-state index contributed by atoms with van der Waals surface area (Å²) in [6.07, 6.45) is 3.15. The molecule has 0 aromatic carbocycles. The molecule has 0 bridgehead atoms. The van der Waals surface area contributed by atoms with Crippen LogP contribution < -0.4 is 10.6 Å².